The van der Waals surface area contributed by atoms with Crippen LogP contribution in [0.4, 0.5) is 5.69 Å². The minimum Gasteiger partial charge on any atom is -0.453 e. The summed E-state index contributed by atoms with van der Waals surface area (Å²) in [5.74, 6) is -0.343. The van der Waals surface area contributed by atoms with Crippen LogP contribution in [0, 0.1) is 17.2 Å². The van der Waals surface area contributed by atoms with Crippen LogP contribution in [-0.4, -0.2) is 18.0 Å². The zero-order valence-corrected chi connectivity index (χ0v) is 12.6. The van der Waals surface area contributed by atoms with Gasteiger partial charge in [0.15, 0.2) is 6.10 Å². The first kappa shape index (κ1) is 16.7. The molecular formula is C16H20N2O3. The highest BCUT2D eigenvalue weighted by molar-refractivity contribution is 5.95. The molecule has 1 aromatic carbocycles. The topological polar surface area (TPSA) is 79.2 Å². The predicted molar refractivity (Wildman–Crippen MR) is 79.4 cm³/mol. The molecule has 1 atom stereocenters. The fourth-order valence-electron chi connectivity index (χ4n) is 1.59. The summed E-state index contributed by atoms with van der Waals surface area (Å²) in [5.41, 5.74) is 1.07. The van der Waals surface area contributed by atoms with Crippen molar-refractivity contribution in [3.05, 3.63) is 29.8 Å². The first-order chi connectivity index (χ1) is 9.92. The lowest BCUT2D eigenvalue weighted by molar-refractivity contribution is -0.153. The molecule has 1 N–H and O–H groups in total. The van der Waals surface area contributed by atoms with Crippen molar-refractivity contribution in [2.75, 3.05) is 5.32 Å². The minimum atomic E-state index is -0.847. The van der Waals surface area contributed by atoms with Crippen molar-refractivity contribution < 1.29 is 14.3 Å². The van der Waals surface area contributed by atoms with Gasteiger partial charge in [0.1, 0.15) is 0 Å². The highest BCUT2D eigenvalue weighted by Crippen LogP contribution is 2.11. The van der Waals surface area contributed by atoms with Gasteiger partial charge in [0.2, 0.25) is 0 Å². The number of rotatable bonds is 6. The molecule has 0 aliphatic rings. The normalized spacial score (nSPS) is 11.6. The van der Waals surface area contributed by atoms with Crippen LogP contribution in [0.2, 0.25) is 0 Å². The summed E-state index contributed by atoms with van der Waals surface area (Å²) in [6, 6.07) is 8.47. The van der Waals surface area contributed by atoms with Gasteiger partial charge >= 0.3 is 5.97 Å². The molecule has 0 saturated carbocycles. The van der Waals surface area contributed by atoms with Gasteiger partial charge in [0.25, 0.3) is 5.91 Å². The second kappa shape index (κ2) is 8.05. The van der Waals surface area contributed by atoms with Crippen molar-refractivity contribution in [3.8, 4) is 6.07 Å². The van der Waals surface area contributed by atoms with Gasteiger partial charge in [-0.2, -0.15) is 5.26 Å². The maximum absolute atomic E-state index is 11.9. The van der Waals surface area contributed by atoms with Crippen LogP contribution in [0.15, 0.2) is 24.3 Å². The third-order valence-electron chi connectivity index (χ3n) is 2.88. The van der Waals surface area contributed by atoms with Crippen LogP contribution in [0.5, 0.6) is 0 Å². The molecule has 112 valence electrons. The molecule has 5 heteroatoms. The Morgan fingerprint density at radius 2 is 1.86 bits per heavy atom. The number of carbonyl (C=O) groups excluding carboxylic acids is 2. The molecule has 0 radical (unpaired) electrons. The molecule has 0 spiro atoms. The van der Waals surface area contributed by atoms with Gasteiger partial charge in [-0.05, 0) is 43.5 Å². The first-order valence-electron chi connectivity index (χ1n) is 6.93. The third-order valence-corrected chi connectivity index (χ3v) is 2.88. The number of hydrogen-bond acceptors (Lipinski definition) is 4. The molecule has 0 aromatic heterocycles. The summed E-state index contributed by atoms with van der Waals surface area (Å²) < 4.78 is 5.08. The summed E-state index contributed by atoms with van der Waals surface area (Å²) in [7, 11) is 0. The van der Waals surface area contributed by atoms with Gasteiger partial charge in [-0.1, -0.05) is 13.8 Å². The smallest absolute Gasteiger partial charge is 0.306 e. The SMILES string of the molecule is CC(C)CCC(=O)O[C@H](C)C(=O)Nc1ccc(C#N)cc1. The number of nitrogens with zero attached hydrogens (tertiary/aromatic N) is 1. The van der Waals surface area contributed by atoms with Crippen LogP contribution in [0.1, 0.15) is 39.2 Å². The number of hydrogen-bond donors (Lipinski definition) is 1. The molecule has 1 rings (SSSR count). The van der Waals surface area contributed by atoms with Crippen LogP contribution in [-0.2, 0) is 14.3 Å². The Hall–Kier alpha value is -2.35. The number of nitriles is 1. The van der Waals surface area contributed by atoms with Crippen molar-refractivity contribution in [1.82, 2.24) is 0 Å². The quantitative estimate of drug-likeness (QED) is 0.816. The van der Waals surface area contributed by atoms with Crippen molar-refractivity contribution >= 4 is 17.6 Å². The lowest BCUT2D eigenvalue weighted by atomic mass is 10.1. The molecule has 5 nitrogen and oxygen atoms in total. The van der Waals surface area contributed by atoms with Gasteiger partial charge < -0.3 is 10.1 Å². The average molecular weight is 288 g/mol. The van der Waals surface area contributed by atoms with Crippen molar-refractivity contribution in [3.63, 3.8) is 0 Å². The lowest BCUT2D eigenvalue weighted by Crippen LogP contribution is -2.30. The second-order valence-electron chi connectivity index (χ2n) is 5.24. The number of benzene rings is 1. The number of ether oxygens (including phenoxy) is 1. The van der Waals surface area contributed by atoms with E-state index in [4.69, 9.17) is 10.00 Å². The van der Waals surface area contributed by atoms with Gasteiger partial charge in [0, 0.05) is 12.1 Å². The average Bonchev–Trinajstić information content (AvgIpc) is 2.45. The molecule has 0 fully saturated rings. The molecule has 1 amide bonds. The summed E-state index contributed by atoms with van der Waals surface area (Å²) in [4.78, 5) is 23.4. The Morgan fingerprint density at radius 3 is 2.38 bits per heavy atom. The summed E-state index contributed by atoms with van der Waals surface area (Å²) in [5, 5.41) is 11.3. The maximum atomic E-state index is 11.9. The first-order valence-corrected chi connectivity index (χ1v) is 6.93. The van der Waals surface area contributed by atoms with Gasteiger partial charge in [-0.25, -0.2) is 0 Å². The van der Waals surface area contributed by atoms with Crippen LogP contribution in [0.3, 0.4) is 0 Å². The van der Waals surface area contributed by atoms with Crippen LogP contribution >= 0.6 is 0 Å². The van der Waals surface area contributed by atoms with E-state index in [1.807, 2.05) is 19.9 Å². The molecule has 0 saturated heterocycles. The number of amides is 1. The Kier molecular flexibility index (Phi) is 6.41. The summed E-state index contributed by atoms with van der Waals surface area (Å²) in [6.07, 6.45) is 0.204. The van der Waals surface area contributed by atoms with Crippen LogP contribution in [0.25, 0.3) is 0 Å². The summed E-state index contributed by atoms with van der Waals surface area (Å²) in [6.45, 7) is 5.58. The van der Waals surface area contributed by atoms with E-state index in [1.165, 1.54) is 6.92 Å². The number of anilines is 1. The number of nitrogens with one attached hydrogen (secondary N) is 1. The fourth-order valence-corrected chi connectivity index (χ4v) is 1.59. The van der Waals surface area contributed by atoms with E-state index in [0.717, 1.165) is 6.42 Å². The molecule has 21 heavy (non-hydrogen) atoms. The predicted octanol–water partition coefficient (Wildman–Crippen LogP) is 2.86. The lowest BCUT2D eigenvalue weighted by Gasteiger charge is -2.14. The summed E-state index contributed by atoms with van der Waals surface area (Å²) >= 11 is 0. The largest absolute Gasteiger partial charge is 0.453 e. The standard InChI is InChI=1S/C16H20N2O3/c1-11(2)4-9-15(19)21-12(3)16(20)18-14-7-5-13(10-17)6-8-14/h5-8,11-12H,4,9H2,1-3H3,(H,18,20)/t12-/m1/s1. The fraction of sp³-hybridized carbons (Fsp3) is 0.438. The number of carbonyl (C=O) groups is 2. The van der Waals surface area contributed by atoms with E-state index >= 15 is 0 Å². The highest BCUT2D eigenvalue weighted by Gasteiger charge is 2.17. The van der Waals surface area contributed by atoms with Crippen molar-refractivity contribution in [1.29, 1.82) is 5.26 Å². The van der Waals surface area contributed by atoms with E-state index in [9.17, 15) is 9.59 Å². The van der Waals surface area contributed by atoms with Gasteiger partial charge in [0.05, 0.1) is 11.6 Å². The van der Waals surface area contributed by atoms with E-state index < -0.39 is 12.0 Å². The molecule has 0 heterocycles. The maximum Gasteiger partial charge on any atom is 0.306 e. The zero-order valence-electron chi connectivity index (χ0n) is 12.6. The Labute approximate surface area is 124 Å². The van der Waals surface area contributed by atoms with Gasteiger partial charge in [-0.3, -0.25) is 9.59 Å². The Balaban J connectivity index is 2.46. The number of esters is 1. The highest BCUT2D eigenvalue weighted by atomic mass is 16.5. The molecule has 0 aliphatic carbocycles. The van der Waals surface area contributed by atoms with E-state index in [2.05, 4.69) is 5.32 Å². The van der Waals surface area contributed by atoms with Crippen molar-refractivity contribution in [2.24, 2.45) is 5.92 Å². The van der Waals surface area contributed by atoms with Crippen LogP contribution < -0.4 is 5.32 Å². The van der Waals surface area contributed by atoms with Crippen molar-refractivity contribution in [2.45, 2.75) is 39.7 Å². The monoisotopic (exact) mass is 288 g/mol. The van der Waals surface area contributed by atoms with E-state index in [-0.39, 0.29) is 5.97 Å². The molecule has 0 unspecified atom stereocenters. The molecule has 1 aromatic rings. The Bertz CT molecular complexity index is 529. The molecule has 0 bridgehead atoms. The molecular weight excluding hydrogens is 268 g/mol. The van der Waals surface area contributed by atoms with E-state index in [0.29, 0.717) is 23.6 Å². The van der Waals surface area contributed by atoms with Gasteiger partial charge in [-0.15, -0.1) is 0 Å². The zero-order chi connectivity index (χ0) is 15.8. The Morgan fingerprint density at radius 1 is 1.24 bits per heavy atom. The third kappa shape index (κ3) is 6.09. The molecule has 0 aliphatic heterocycles. The minimum absolute atomic E-state index is 0.312. The van der Waals surface area contributed by atoms with E-state index in [1.54, 1.807) is 24.3 Å². The second-order valence-corrected chi connectivity index (χ2v) is 5.24.